The lowest BCUT2D eigenvalue weighted by atomic mass is 10.1. The molecule has 0 aliphatic rings. The lowest BCUT2D eigenvalue weighted by Gasteiger charge is -1.99. The van der Waals surface area contributed by atoms with E-state index in [2.05, 4.69) is 24.4 Å². The van der Waals surface area contributed by atoms with E-state index in [4.69, 9.17) is 10.2 Å². The van der Waals surface area contributed by atoms with Gasteiger partial charge < -0.3 is 15.5 Å². The van der Waals surface area contributed by atoms with Crippen LogP contribution in [0.25, 0.3) is 0 Å². The summed E-state index contributed by atoms with van der Waals surface area (Å²) in [6, 6.07) is 15.4. The average molecular weight is 287 g/mol. The Labute approximate surface area is 122 Å². The van der Waals surface area contributed by atoms with Crippen molar-refractivity contribution in [2.45, 2.75) is 6.92 Å². The maximum Gasteiger partial charge on any atom is 0.335 e. The van der Waals surface area contributed by atoms with Gasteiger partial charge in [0.1, 0.15) is 0 Å². The highest BCUT2D eigenvalue weighted by molar-refractivity contribution is 5.93. The number of benzene rings is 2. The molecule has 3 N–H and O–H groups in total. The predicted molar refractivity (Wildman–Crippen MR) is 81.0 cm³/mol. The monoisotopic (exact) mass is 287 g/mol. The first kappa shape index (κ1) is 16.2. The number of carbonyl (C=O) groups is 2. The first-order valence-corrected chi connectivity index (χ1v) is 6.40. The van der Waals surface area contributed by atoms with E-state index in [1.807, 2.05) is 18.2 Å². The van der Waals surface area contributed by atoms with Gasteiger partial charge in [-0.2, -0.15) is 0 Å². The zero-order valence-electron chi connectivity index (χ0n) is 11.6. The lowest BCUT2D eigenvalue weighted by Crippen LogP contribution is -2.01. The summed E-state index contributed by atoms with van der Waals surface area (Å²) in [5, 5.41) is 20.2. The molecule has 110 valence electrons. The second-order valence-corrected chi connectivity index (χ2v) is 4.09. The highest BCUT2D eigenvalue weighted by atomic mass is 16.4. The second-order valence-electron chi connectivity index (χ2n) is 4.09. The Morgan fingerprint density at radius 3 is 1.86 bits per heavy atom. The van der Waals surface area contributed by atoms with E-state index in [1.54, 1.807) is 0 Å². The van der Waals surface area contributed by atoms with E-state index in [0.29, 0.717) is 0 Å². The van der Waals surface area contributed by atoms with Crippen LogP contribution in [0.5, 0.6) is 0 Å². The molecular weight excluding hydrogens is 270 g/mol. The summed E-state index contributed by atoms with van der Waals surface area (Å²) >= 11 is 0. The summed E-state index contributed by atoms with van der Waals surface area (Å²) in [6.07, 6.45) is 0. The number of carboxylic acids is 2. The Kier molecular flexibility index (Phi) is 6.47. The molecule has 5 nitrogen and oxygen atoms in total. The van der Waals surface area contributed by atoms with Gasteiger partial charge in [0.2, 0.25) is 0 Å². The van der Waals surface area contributed by atoms with Crippen LogP contribution >= 0.6 is 0 Å². The van der Waals surface area contributed by atoms with Crippen molar-refractivity contribution in [1.29, 1.82) is 0 Å². The number of hydrogen-bond donors (Lipinski definition) is 3. The Bertz CT molecular complexity index is 567. The number of rotatable bonds is 4. The normalized spacial score (nSPS) is 9.19. The number of nitrogens with one attached hydrogen (secondary N) is 1. The van der Waals surface area contributed by atoms with Gasteiger partial charge in [-0.15, -0.1) is 0 Å². The largest absolute Gasteiger partial charge is 0.478 e. The van der Waals surface area contributed by atoms with Crippen LogP contribution in [0.15, 0.2) is 54.6 Å². The van der Waals surface area contributed by atoms with Gasteiger partial charge in [0.25, 0.3) is 0 Å². The van der Waals surface area contributed by atoms with Crippen LogP contribution in [0.2, 0.25) is 0 Å². The van der Waals surface area contributed by atoms with Crippen LogP contribution in [0, 0.1) is 0 Å². The van der Waals surface area contributed by atoms with Gasteiger partial charge in [0, 0.05) is 12.2 Å². The van der Waals surface area contributed by atoms with Crippen molar-refractivity contribution < 1.29 is 19.8 Å². The summed E-state index contributed by atoms with van der Waals surface area (Å²) in [7, 11) is 0. The third kappa shape index (κ3) is 5.78. The molecule has 0 aliphatic carbocycles. The van der Waals surface area contributed by atoms with Crippen molar-refractivity contribution in [3.63, 3.8) is 0 Å². The third-order valence-electron chi connectivity index (χ3n) is 2.51. The highest BCUT2D eigenvalue weighted by Crippen LogP contribution is 2.04. The van der Waals surface area contributed by atoms with Crippen LogP contribution in [-0.4, -0.2) is 28.7 Å². The predicted octanol–water partition coefficient (Wildman–Crippen LogP) is 3.20. The molecule has 0 amide bonds. The van der Waals surface area contributed by atoms with Gasteiger partial charge in [0.15, 0.2) is 0 Å². The van der Waals surface area contributed by atoms with E-state index < -0.39 is 11.9 Å². The minimum absolute atomic E-state index is 0.0186. The van der Waals surface area contributed by atoms with Gasteiger partial charge in [-0.3, -0.25) is 0 Å². The molecule has 21 heavy (non-hydrogen) atoms. The fourth-order valence-corrected chi connectivity index (χ4v) is 1.55. The molecule has 0 heterocycles. The molecule has 2 aromatic rings. The third-order valence-corrected chi connectivity index (χ3v) is 2.51. The summed E-state index contributed by atoms with van der Waals surface area (Å²) in [5.74, 6) is -2.25. The quantitative estimate of drug-likeness (QED) is 0.804. The van der Waals surface area contributed by atoms with Crippen molar-refractivity contribution in [2.75, 3.05) is 11.9 Å². The Balaban J connectivity index is 0.000000219. The molecule has 0 aromatic heterocycles. The van der Waals surface area contributed by atoms with E-state index in [1.165, 1.54) is 23.9 Å². The topological polar surface area (TPSA) is 86.6 Å². The maximum atomic E-state index is 10.4. The molecule has 2 rings (SSSR count). The molecule has 0 atom stereocenters. The van der Waals surface area contributed by atoms with Gasteiger partial charge in [-0.1, -0.05) is 24.3 Å². The molecule has 0 bridgehead atoms. The maximum absolute atomic E-state index is 10.4. The standard InChI is InChI=1S/C8H11N.C8H6O4/c1-2-9-8-6-4-3-5-7-8;9-7(10)5-2-1-3-6(4-5)8(11)12/h3-7,9H,2H2,1H3;1-4H,(H,9,10)(H,11,12). The summed E-state index contributed by atoms with van der Waals surface area (Å²) in [4.78, 5) is 20.8. The van der Waals surface area contributed by atoms with Crippen LogP contribution < -0.4 is 5.32 Å². The smallest absolute Gasteiger partial charge is 0.335 e. The molecule has 2 aromatic carbocycles. The first-order chi connectivity index (χ1) is 10.0. The van der Waals surface area contributed by atoms with Gasteiger partial charge in [-0.25, -0.2) is 9.59 Å². The molecular formula is C16H17NO4. The van der Waals surface area contributed by atoms with Crippen molar-refractivity contribution >= 4 is 17.6 Å². The Morgan fingerprint density at radius 2 is 1.43 bits per heavy atom. The fraction of sp³-hybridized carbons (Fsp3) is 0.125. The first-order valence-electron chi connectivity index (χ1n) is 6.40. The van der Waals surface area contributed by atoms with Crippen molar-refractivity contribution in [1.82, 2.24) is 0 Å². The second kappa shape index (κ2) is 8.37. The van der Waals surface area contributed by atoms with Crippen molar-refractivity contribution in [2.24, 2.45) is 0 Å². The molecule has 0 spiro atoms. The summed E-state index contributed by atoms with van der Waals surface area (Å²) < 4.78 is 0. The SMILES string of the molecule is CCNc1ccccc1.O=C(O)c1cccc(C(=O)O)c1. The van der Waals surface area contributed by atoms with Crippen LogP contribution in [0.4, 0.5) is 5.69 Å². The minimum Gasteiger partial charge on any atom is -0.478 e. The summed E-state index contributed by atoms with van der Waals surface area (Å²) in [5.41, 5.74) is 1.16. The van der Waals surface area contributed by atoms with E-state index in [9.17, 15) is 9.59 Å². The number of anilines is 1. The van der Waals surface area contributed by atoms with Crippen LogP contribution in [-0.2, 0) is 0 Å². The van der Waals surface area contributed by atoms with E-state index in [-0.39, 0.29) is 11.1 Å². The Morgan fingerprint density at radius 1 is 0.905 bits per heavy atom. The average Bonchev–Trinajstić information content (AvgIpc) is 2.49. The highest BCUT2D eigenvalue weighted by Gasteiger charge is 2.06. The van der Waals surface area contributed by atoms with Crippen molar-refractivity contribution in [3.8, 4) is 0 Å². The molecule has 5 heteroatoms. The Hall–Kier alpha value is -2.82. The fourth-order valence-electron chi connectivity index (χ4n) is 1.55. The number of hydrogen-bond acceptors (Lipinski definition) is 3. The molecule has 0 aliphatic heterocycles. The van der Waals surface area contributed by atoms with Gasteiger partial charge >= 0.3 is 11.9 Å². The molecule has 0 saturated carbocycles. The van der Waals surface area contributed by atoms with Crippen LogP contribution in [0.1, 0.15) is 27.6 Å². The zero-order valence-corrected chi connectivity index (χ0v) is 11.6. The molecule has 0 saturated heterocycles. The number of para-hydroxylation sites is 1. The number of carboxylic acid groups (broad SMARTS) is 2. The minimum atomic E-state index is -1.13. The number of aromatic carboxylic acids is 2. The van der Waals surface area contributed by atoms with Gasteiger partial charge in [0.05, 0.1) is 11.1 Å². The zero-order chi connectivity index (χ0) is 15.7. The summed E-state index contributed by atoms with van der Waals surface area (Å²) in [6.45, 7) is 3.08. The van der Waals surface area contributed by atoms with Gasteiger partial charge in [-0.05, 0) is 37.3 Å². The molecule has 0 radical (unpaired) electrons. The molecule has 0 unspecified atom stereocenters. The molecule has 0 fully saturated rings. The van der Waals surface area contributed by atoms with Crippen LogP contribution in [0.3, 0.4) is 0 Å². The lowest BCUT2D eigenvalue weighted by molar-refractivity contribution is 0.0696. The van der Waals surface area contributed by atoms with E-state index in [0.717, 1.165) is 12.6 Å². The van der Waals surface area contributed by atoms with E-state index >= 15 is 0 Å². The van der Waals surface area contributed by atoms with Crippen molar-refractivity contribution in [3.05, 3.63) is 65.7 Å².